The van der Waals surface area contributed by atoms with Crippen LogP contribution >= 0.6 is 0 Å². The van der Waals surface area contributed by atoms with Crippen LogP contribution in [0.5, 0.6) is 0 Å². The molecule has 1 aromatic carbocycles. The summed E-state index contributed by atoms with van der Waals surface area (Å²) in [7, 11) is 0. The van der Waals surface area contributed by atoms with Crippen molar-refractivity contribution in [1.82, 2.24) is 15.5 Å². The van der Waals surface area contributed by atoms with E-state index in [2.05, 4.69) is 24.5 Å². The van der Waals surface area contributed by atoms with Gasteiger partial charge >= 0.3 is 6.09 Å². The molecule has 0 fully saturated rings. The van der Waals surface area contributed by atoms with E-state index in [1.165, 1.54) is 4.90 Å². The first kappa shape index (κ1) is 33.4. The fourth-order valence-corrected chi connectivity index (χ4v) is 4.28. The number of carbonyl (C=O) groups is 3. The standard InChI is InChI=1S/C30H51N3O5/c1-8-10-12-13-15-19-33(28(36)25(21-34)32-29(37)38-30(5,6)7)26(27(35)31-18-14-11-9-2)24-20-22(3)16-17-23(24)4/h16-17,20,25-26,34H,8-15,18-19,21H2,1-7H3,(H,31,35)(H,32,37). The minimum atomic E-state index is -1.24. The quantitative estimate of drug-likeness (QED) is 0.249. The van der Waals surface area contributed by atoms with E-state index in [1.54, 1.807) is 20.8 Å². The van der Waals surface area contributed by atoms with Crippen LogP contribution in [0, 0.1) is 13.8 Å². The number of unbranched alkanes of at least 4 members (excludes halogenated alkanes) is 6. The molecule has 3 N–H and O–H groups in total. The third kappa shape index (κ3) is 11.8. The molecule has 0 saturated carbocycles. The van der Waals surface area contributed by atoms with Crippen molar-refractivity contribution in [2.45, 2.75) is 118 Å². The Labute approximate surface area is 229 Å². The van der Waals surface area contributed by atoms with Crippen molar-refractivity contribution in [3.8, 4) is 0 Å². The number of benzene rings is 1. The van der Waals surface area contributed by atoms with Crippen molar-refractivity contribution in [3.05, 3.63) is 34.9 Å². The predicted octanol–water partition coefficient (Wildman–Crippen LogP) is 5.34. The first-order chi connectivity index (χ1) is 17.9. The molecule has 38 heavy (non-hydrogen) atoms. The molecule has 0 bridgehead atoms. The molecule has 0 radical (unpaired) electrons. The van der Waals surface area contributed by atoms with Gasteiger partial charge in [-0.05, 0) is 58.6 Å². The number of alkyl carbamates (subject to hydrolysis) is 1. The molecule has 1 aromatic rings. The summed E-state index contributed by atoms with van der Waals surface area (Å²) in [6.45, 7) is 13.5. The lowest BCUT2D eigenvalue weighted by Crippen LogP contribution is -2.54. The molecular weight excluding hydrogens is 482 g/mol. The number of rotatable bonds is 16. The van der Waals surface area contributed by atoms with Crippen LogP contribution in [0.4, 0.5) is 4.79 Å². The van der Waals surface area contributed by atoms with Crippen LogP contribution in [-0.4, -0.2) is 59.3 Å². The average molecular weight is 534 g/mol. The van der Waals surface area contributed by atoms with Crippen LogP contribution in [0.2, 0.25) is 0 Å². The molecule has 0 spiro atoms. The Morgan fingerprint density at radius 2 is 1.61 bits per heavy atom. The lowest BCUT2D eigenvalue weighted by molar-refractivity contribution is -0.143. The van der Waals surface area contributed by atoms with Crippen molar-refractivity contribution >= 4 is 17.9 Å². The van der Waals surface area contributed by atoms with Crippen molar-refractivity contribution in [3.63, 3.8) is 0 Å². The van der Waals surface area contributed by atoms with E-state index in [0.29, 0.717) is 19.5 Å². The highest BCUT2D eigenvalue weighted by Gasteiger charge is 2.36. The number of hydrogen-bond donors (Lipinski definition) is 3. The number of carbonyl (C=O) groups excluding carboxylic acids is 3. The number of ether oxygens (including phenoxy) is 1. The maximum Gasteiger partial charge on any atom is 0.408 e. The van der Waals surface area contributed by atoms with E-state index in [4.69, 9.17) is 4.74 Å². The van der Waals surface area contributed by atoms with E-state index in [0.717, 1.165) is 61.6 Å². The third-order valence-corrected chi connectivity index (χ3v) is 6.33. The minimum Gasteiger partial charge on any atom is -0.444 e. The van der Waals surface area contributed by atoms with E-state index >= 15 is 0 Å². The molecule has 0 aliphatic heterocycles. The zero-order valence-electron chi connectivity index (χ0n) is 24.7. The second-order valence-corrected chi connectivity index (χ2v) is 11.1. The second-order valence-electron chi connectivity index (χ2n) is 11.1. The van der Waals surface area contributed by atoms with Gasteiger partial charge in [0, 0.05) is 13.1 Å². The van der Waals surface area contributed by atoms with Crippen LogP contribution in [-0.2, 0) is 14.3 Å². The second kappa shape index (κ2) is 17.1. The van der Waals surface area contributed by atoms with Crippen molar-refractivity contribution < 1.29 is 24.2 Å². The third-order valence-electron chi connectivity index (χ3n) is 6.33. The maximum absolute atomic E-state index is 13.9. The Bertz CT molecular complexity index is 881. The smallest absolute Gasteiger partial charge is 0.408 e. The van der Waals surface area contributed by atoms with E-state index in [9.17, 15) is 19.5 Å². The number of amides is 3. The Morgan fingerprint density at radius 1 is 0.974 bits per heavy atom. The number of aliphatic hydroxyl groups is 1. The molecule has 1 rings (SSSR count). The molecule has 216 valence electrons. The molecule has 0 aromatic heterocycles. The summed E-state index contributed by atoms with van der Waals surface area (Å²) in [4.78, 5) is 41.6. The van der Waals surface area contributed by atoms with Gasteiger partial charge in [0.1, 0.15) is 17.7 Å². The number of nitrogens with one attached hydrogen (secondary N) is 2. The minimum absolute atomic E-state index is 0.259. The number of hydrogen-bond acceptors (Lipinski definition) is 5. The zero-order valence-corrected chi connectivity index (χ0v) is 24.7. The van der Waals surface area contributed by atoms with Crippen LogP contribution < -0.4 is 10.6 Å². The van der Waals surface area contributed by atoms with Crippen LogP contribution in [0.1, 0.15) is 109 Å². The Kier molecular flexibility index (Phi) is 15.0. The summed E-state index contributed by atoms with van der Waals surface area (Å²) in [5.74, 6) is -0.769. The summed E-state index contributed by atoms with van der Waals surface area (Å²) in [6, 6.07) is 3.75. The number of aliphatic hydroxyl groups excluding tert-OH is 1. The molecule has 0 aliphatic rings. The van der Waals surface area contributed by atoms with Gasteiger partial charge in [-0.3, -0.25) is 9.59 Å². The SMILES string of the molecule is CCCCCCCN(C(=O)C(CO)NC(=O)OC(C)(C)C)C(C(=O)NCCCCC)c1cc(C)ccc1C. The van der Waals surface area contributed by atoms with Gasteiger partial charge in [0.15, 0.2) is 0 Å². The Hall–Kier alpha value is -2.61. The zero-order chi connectivity index (χ0) is 28.7. The van der Waals surface area contributed by atoms with E-state index in [1.807, 2.05) is 32.0 Å². The van der Waals surface area contributed by atoms with E-state index in [-0.39, 0.29) is 5.91 Å². The fourth-order valence-electron chi connectivity index (χ4n) is 4.28. The molecule has 8 heteroatoms. The first-order valence-corrected chi connectivity index (χ1v) is 14.2. The molecular formula is C30H51N3O5. The van der Waals surface area contributed by atoms with Crippen molar-refractivity contribution in [1.29, 1.82) is 0 Å². The fraction of sp³-hybridized carbons (Fsp3) is 0.700. The highest BCUT2D eigenvalue weighted by atomic mass is 16.6. The largest absolute Gasteiger partial charge is 0.444 e. The maximum atomic E-state index is 13.9. The first-order valence-electron chi connectivity index (χ1n) is 14.2. The van der Waals surface area contributed by atoms with Gasteiger partial charge in [-0.2, -0.15) is 0 Å². The van der Waals surface area contributed by atoms with Gasteiger partial charge in [0.25, 0.3) is 0 Å². The number of nitrogens with zero attached hydrogens (tertiary/aromatic N) is 1. The predicted molar refractivity (Wildman–Crippen MR) is 152 cm³/mol. The highest BCUT2D eigenvalue weighted by Crippen LogP contribution is 2.27. The van der Waals surface area contributed by atoms with Gasteiger partial charge in [-0.25, -0.2) is 4.79 Å². The van der Waals surface area contributed by atoms with Gasteiger partial charge in [0.2, 0.25) is 11.8 Å². The molecule has 3 amide bonds. The average Bonchev–Trinajstić information content (AvgIpc) is 2.84. The summed E-state index contributed by atoms with van der Waals surface area (Å²) >= 11 is 0. The molecule has 0 heterocycles. The molecule has 0 aliphatic carbocycles. The van der Waals surface area contributed by atoms with E-state index < -0.39 is 36.3 Å². The van der Waals surface area contributed by atoms with Crippen molar-refractivity contribution in [2.24, 2.45) is 0 Å². The summed E-state index contributed by atoms with van der Waals surface area (Å²) in [5.41, 5.74) is 1.86. The van der Waals surface area contributed by atoms with Crippen molar-refractivity contribution in [2.75, 3.05) is 19.7 Å². The summed E-state index contributed by atoms with van der Waals surface area (Å²) < 4.78 is 5.32. The normalized spacial score (nSPS) is 12.9. The number of aryl methyl sites for hydroxylation is 2. The van der Waals surface area contributed by atoms with Gasteiger partial charge < -0.3 is 25.4 Å². The monoisotopic (exact) mass is 533 g/mol. The summed E-state index contributed by atoms with van der Waals surface area (Å²) in [5, 5.41) is 15.6. The Morgan fingerprint density at radius 3 is 2.21 bits per heavy atom. The van der Waals surface area contributed by atoms with Gasteiger partial charge in [0.05, 0.1) is 6.61 Å². The molecule has 8 nitrogen and oxygen atoms in total. The van der Waals surface area contributed by atoms with Crippen LogP contribution in [0.3, 0.4) is 0 Å². The Balaban J connectivity index is 3.39. The summed E-state index contributed by atoms with van der Waals surface area (Å²) in [6.07, 6.45) is 6.96. The van der Waals surface area contributed by atoms with Gasteiger partial charge in [-0.15, -0.1) is 0 Å². The van der Waals surface area contributed by atoms with Crippen LogP contribution in [0.25, 0.3) is 0 Å². The topological polar surface area (TPSA) is 108 Å². The molecule has 2 unspecified atom stereocenters. The van der Waals surface area contributed by atoms with Crippen LogP contribution in [0.15, 0.2) is 18.2 Å². The lowest BCUT2D eigenvalue weighted by atomic mass is 9.95. The molecule has 2 atom stereocenters. The lowest BCUT2D eigenvalue weighted by Gasteiger charge is -2.35. The highest BCUT2D eigenvalue weighted by molar-refractivity contribution is 5.92. The van der Waals surface area contributed by atoms with Gasteiger partial charge in [-0.1, -0.05) is 76.1 Å². The molecule has 0 saturated heterocycles.